The molecule has 2 N–H and O–H groups in total. The van der Waals surface area contributed by atoms with E-state index in [0.717, 1.165) is 5.56 Å². The van der Waals surface area contributed by atoms with Gasteiger partial charge in [0.15, 0.2) is 0 Å². The average Bonchev–Trinajstić information content (AvgIpc) is 2.57. The summed E-state index contributed by atoms with van der Waals surface area (Å²) < 4.78 is 4.73. The average molecular weight is 214 g/mol. The lowest BCUT2D eigenvalue weighted by molar-refractivity contribution is 0.177. The van der Waals surface area contributed by atoms with E-state index in [2.05, 4.69) is 5.32 Å². The van der Waals surface area contributed by atoms with E-state index in [4.69, 9.17) is 16.3 Å². The fourth-order valence-corrected chi connectivity index (χ4v) is 1.49. The van der Waals surface area contributed by atoms with Gasteiger partial charge in [-0.2, -0.15) is 0 Å². The summed E-state index contributed by atoms with van der Waals surface area (Å²) in [5.74, 6) is 0.0284. The van der Waals surface area contributed by atoms with E-state index in [0.29, 0.717) is 6.61 Å². The van der Waals surface area contributed by atoms with Crippen molar-refractivity contribution in [2.45, 2.75) is 6.04 Å². The third kappa shape index (κ3) is 1.61. The molecular formula is C9H8ClNO3. The maximum Gasteiger partial charge on any atom is 0.407 e. The predicted octanol–water partition coefficient (Wildman–Crippen LogP) is 1.83. The number of carbonyl (C=O) groups is 1. The second kappa shape index (κ2) is 3.38. The molecule has 74 valence electrons. The van der Waals surface area contributed by atoms with Crippen molar-refractivity contribution in [3.05, 3.63) is 28.8 Å². The molecule has 1 saturated heterocycles. The molecule has 0 radical (unpaired) electrons. The molecule has 0 aliphatic carbocycles. The van der Waals surface area contributed by atoms with Crippen LogP contribution in [-0.4, -0.2) is 17.8 Å². The van der Waals surface area contributed by atoms with E-state index < -0.39 is 6.09 Å². The van der Waals surface area contributed by atoms with Crippen LogP contribution < -0.4 is 5.32 Å². The van der Waals surface area contributed by atoms with E-state index in [1.165, 1.54) is 6.07 Å². The number of cyclic esters (lactones) is 1. The quantitative estimate of drug-likeness (QED) is 0.748. The van der Waals surface area contributed by atoms with Crippen LogP contribution in [0.4, 0.5) is 4.79 Å². The maximum absolute atomic E-state index is 10.8. The largest absolute Gasteiger partial charge is 0.506 e. The molecule has 0 aromatic heterocycles. The van der Waals surface area contributed by atoms with Gasteiger partial charge in [-0.1, -0.05) is 17.7 Å². The Bertz CT molecular complexity index is 380. The highest BCUT2D eigenvalue weighted by molar-refractivity contribution is 6.32. The predicted molar refractivity (Wildman–Crippen MR) is 50.3 cm³/mol. The molecule has 1 amide bonds. The molecule has 1 aliphatic heterocycles. The molecule has 1 aromatic carbocycles. The molecule has 1 atom stereocenters. The van der Waals surface area contributed by atoms with Gasteiger partial charge in [-0.25, -0.2) is 4.79 Å². The molecule has 1 aromatic rings. The molecule has 14 heavy (non-hydrogen) atoms. The number of benzene rings is 1. The van der Waals surface area contributed by atoms with E-state index in [-0.39, 0.29) is 16.8 Å². The Morgan fingerprint density at radius 3 is 2.93 bits per heavy atom. The first-order valence-corrected chi connectivity index (χ1v) is 4.46. The summed E-state index contributed by atoms with van der Waals surface area (Å²) in [6.45, 7) is 0.292. The molecule has 0 saturated carbocycles. The number of phenols is 1. The number of carbonyl (C=O) groups excluding carboxylic acids is 1. The minimum absolute atomic E-state index is 0.0284. The van der Waals surface area contributed by atoms with Gasteiger partial charge < -0.3 is 15.2 Å². The first kappa shape index (κ1) is 9.15. The van der Waals surface area contributed by atoms with Gasteiger partial charge >= 0.3 is 6.09 Å². The van der Waals surface area contributed by atoms with E-state index in [1.807, 2.05) is 0 Å². The Morgan fingerprint density at radius 2 is 2.36 bits per heavy atom. The first-order valence-electron chi connectivity index (χ1n) is 4.08. The smallest absolute Gasteiger partial charge is 0.407 e. The van der Waals surface area contributed by atoms with Crippen molar-refractivity contribution in [2.24, 2.45) is 0 Å². The fourth-order valence-electron chi connectivity index (χ4n) is 1.30. The summed E-state index contributed by atoms with van der Waals surface area (Å²) in [5.41, 5.74) is 0.818. The van der Waals surface area contributed by atoms with Crippen LogP contribution in [0.25, 0.3) is 0 Å². The maximum atomic E-state index is 10.8. The number of aromatic hydroxyl groups is 1. The Kier molecular flexibility index (Phi) is 2.21. The summed E-state index contributed by atoms with van der Waals surface area (Å²) >= 11 is 5.73. The third-order valence-electron chi connectivity index (χ3n) is 2.05. The number of nitrogens with one attached hydrogen (secondary N) is 1. The fraction of sp³-hybridized carbons (Fsp3) is 0.222. The van der Waals surface area contributed by atoms with Gasteiger partial charge in [0.1, 0.15) is 12.4 Å². The van der Waals surface area contributed by atoms with Crippen LogP contribution >= 0.6 is 11.6 Å². The summed E-state index contributed by atoms with van der Waals surface area (Å²) in [6.07, 6.45) is -0.431. The zero-order valence-corrected chi connectivity index (χ0v) is 7.91. The van der Waals surface area contributed by atoms with Crippen LogP contribution in [0.5, 0.6) is 5.75 Å². The second-order valence-corrected chi connectivity index (χ2v) is 3.41. The van der Waals surface area contributed by atoms with Gasteiger partial charge in [0, 0.05) is 0 Å². The van der Waals surface area contributed by atoms with Gasteiger partial charge in [0.2, 0.25) is 0 Å². The van der Waals surface area contributed by atoms with E-state index in [9.17, 15) is 9.90 Å². The summed E-state index contributed by atoms with van der Waals surface area (Å²) in [5, 5.41) is 12.1. The van der Waals surface area contributed by atoms with Crippen molar-refractivity contribution in [3.8, 4) is 5.75 Å². The number of hydrogen-bond donors (Lipinski definition) is 2. The zero-order chi connectivity index (χ0) is 10.1. The summed E-state index contributed by atoms with van der Waals surface area (Å²) in [6, 6.07) is 4.61. The molecule has 0 unspecified atom stereocenters. The lowest BCUT2D eigenvalue weighted by Crippen LogP contribution is -2.18. The van der Waals surface area contributed by atoms with Gasteiger partial charge in [-0.3, -0.25) is 0 Å². The molecule has 1 fully saturated rings. The topological polar surface area (TPSA) is 58.6 Å². The summed E-state index contributed by atoms with van der Waals surface area (Å²) in [7, 11) is 0. The van der Waals surface area contributed by atoms with Crippen molar-refractivity contribution in [2.75, 3.05) is 6.61 Å². The SMILES string of the molecule is O=C1N[C@@H](c2ccc(O)c(Cl)c2)CO1. The lowest BCUT2D eigenvalue weighted by atomic mass is 10.1. The van der Waals surface area contributed by atoms with E-state index in [1.54, 1.807) is 12.1 Å². The van der Waals surface area contributed by atoms with Crippen molar-refractivity contribution in [3.63, 3.8) is 0 Å². The van der Waals surface area contributed by atoms with Gasteiger partial charge in [-0.05, 0) is 17.7 Å². The van der Waals surface area contributed by atoms with Crippen molar-refractivity contribution in [1.82, 2.24) is 5.32 Å². The molecular weight excluding hydrogens is 206 g/mol. The van der Waals surface area contributed by atoms with Crippen molar-refractivity contribution in [1.29, 1.82) is 0 Å². The number of phenolic OH excluding ortho intramolecular Hbond substituents is 1. The first-order chi connectivity index (χ1) is 6.66. The Hall–Kier alpha value is -1.42. The molecule has 1 aliphatic rings. The summed E-state index contributed by atoms with van der Waals surface area (Å²) in [4.78, 5) is 10.8. The Balaban J connectivity index is 2.24. The number of amides is 1. The minimum atomic E-state index is -0.431. The number of halogens is 1. The van der Waals surface area contributed by atoms with Crippen LogP contribution in [0.1, 0.15) is 11.6 Å². The number of alkyl carbamates (subject to hydrolysis) is 1. The second-order valence-electron chi connectivity index (χ2n) is 3.01. The number of rotatable bonds is 1. The van der Waals surface area contributed by atoms with Gasteiger partial charge in [0.05, 0.1) is 11.1 Å². The molecule has 0 bridgehead atoms. The Morgan fingerprint density at radius 1 is 1.57 bits per heavy atom. The molecule has 1 heterocycles. The van der Waals surface area contributed by atoms with Crippen LogP contribution in [0.15, 0.2) is 18.2 Å². The highest BCUT2D eigenvalue weighted by atomic mass is 35.5. The third-order valence-corrected chi connectivity index (χ3v) is 2.35. The molecule has 4 nitrogen and oxygen atoms in total. The monoisotopic (exact) mass is 213 g/mol. The zero-order valence-electron chi connectivity index (χ0n) is 7.16. The van der Waals surface area contributed by atoms with Crippen LogP contribution in [0.2, 0.25) is 5.02 Å². The standard InChI is InChI=1S/C9H8ClNO3/c10-6-3-5(1-2-8(6)12)7-4-14-9(13)11-7/h1-3,7,12H,4H2,(H,11,13)/t7-/m1/s1. The van der Waals surface area contributed by atoms with Crippen LogP contribution in [0.3, 0.4) is 0 Å². The van der Waals surface area contributed by atoms with Crippen LogP contribution in [-0.2, 0) is 4.74 Å². The molecule has 2 rings (SSSR count). The highest BCUT2D eigenvalue weighted by Crippen LogP contribution is 2.27. The van der Waals surface area contributed by atoms with E-state index >= 15 is 0 Å². The molecule has 5 heteroatoms. The highest BCUT2D eigenvalue weighted by Gasteiger charge is 2.23. The van der Waals surface area contributed by atoms with Gasteiger partial charge in [0.25, 0.3) is 0 Å². The number of hydrogen-bond acceptors (Lipinski definition) is 3. The normalized spacial score (nSPS) is 20.4. The van der Waals surface area contributed by atoms with Gasteiger partial charge in [-0.15, -0.1) is 0 Å². The molecule has 0 spiro atoms. The van der Waals surface area contributed by atoms with Crippen molar-refractivity contribution < 1.29 is 14.6 Å². The Labute approximate surface area is 85.4 Å². The number of ether oxygens (including phenoxy) is 1. The van der Waals surface area contributed by atoms with Crippen LogP contribution in [0, 0.1) is 0 Å². The lowest BCUT2D eigenvalue weighted by Gasteiger charge is -2.08. The van der Waals surface area contributed by atoms with Crippen molar-refractivity contribution >= 4 is 17.7 Å². The minimum Gasteiger partial charge on any atom is -0.506 e.